The van der Waals surface area contributed by atoms with Gasteiger partial charge in [-0.05, 0) is 38.5 Å². The van der Waals surface area contributed by atoms with Crippen molar-refractivity contribution in [2.45, 2.75) is 38.4 Å². The lowest BCUT2D eigenvalue weighted by atomic mass is 9.94. The first-order valence-electron chi connectivity index (χ1n) is 7.81. The van der Waals surface area contributed by atoms with Crippen LogP contribution in [0.1, 0.15) is 32.3 Å². The van der Waals surface area contributed by atoms with E-state index in [1.807, 2.05) is 32.9 Å². The maximum Gasteiger partial charge on any atom is 0.410 e. The van der Waals surface area contributed by atoms with Crippen molar-refractivity contribution < 1.29 is 14.3 Å². The Labute approximate surface area is 166 Å². The van der Waals surface area contributed by atoms with E-state index in [1.54, 1.807) is 11.0 Å². The largest absolute Gasteiger partial charge is 0.444 e. The van der Waals surface area contributed by atoms with Crippen LogP contribution >= 0.6 is 45.8 Å². The van der Waals surface area contributed by atoms with Crippen LogP contribution in [0.3, 0.4) is 0 Å². The number of nitrogens with zero attached hydrogens (tertiary/aromatic N) is 1. The fraction of sp³-hybridized carbons (Fsp3) is 0.588. The fourth-order valence-corrected chi connectivity index (χ4v) is 3.76. The smallest absolute Gasteiger partial charge is 0.410 e. The monoisotopic (exact) mass is 485 g/mol. The highest BCUT2D eigenvalue weighted by molar-refractivity contribution is 14.1. The molecule has 0 saturated carbocycles. The Bertz CT molecular complexity index is 592. The molecule has 134 valence electrons. The van der Waals surface area contributed by atoms with Crippen molar-refractivity contribution in [3.63, 3.8) is 0 Å². The zero-order valence-corrected chi connectivity index (χ0v) is 17.7. The molecule has 1 fully saturated rings. The first kappa shape index (κ1) is 20.1. The minimum atomic E-state index is -0.522. The van der Waals surface area contributed by atoms with Crippen molar-refractivity contribution in [1.82, 2.24) is 4.90 Å². The molecule has 0 spiro atoms. The van der Waals surface area contributed by atoms with Gasteiger partial charge in [0.05, 0.1) is 22.8 Å². The lowest BCUT2D eigenvalue weighted by Crippen LogP contribution is -2.40. The molecule has 2 atom stereocenters. The predicted octanol–water partition coefficient (Wildman–Crippen LogP) is 5.15. The second-order valence-corrected chi connectivity index (χ2v) is 8.47. The Morgan fingerprint density at radius 2 is 2.08 bits per heavy atom. The predicted molar refractivity (Wildman–Crippen MR) is 106 cm³/mol. The average molecular weight is 486 g/mol. The lowest BCUT2D eigenvalue weighted by molar-refractivity contribution is 0.0236. The summed E-state index contributed by atoms with van der Waals surface area (Å²) in [5.41, 5.74) is 0.493. The summed E-state index contributed by atoms with van der Waals surface area (Å²) >= 11 is 14.5. The maximum atomic E-state index is 12.5. The Balaban J connectivity index is 2.24. The Morgan fingerprint density at radius 3 is 2.67 bits per heavy atom. The van der Waals surface area contributed by atoms with Gasteiger partial charge in [-0.3, -0.25) is 0 Å². The molecule has 1 aromatic rings. The number of halogens is 3. The van der Waals surface area contributed by atoms with Crippen molar-refractivity contribution in [1.29, 1.82) is 0 Å². The van der Waals surface area contributed by atoms with Crippen LogP contribution < -0.4 is 0 Å². The van der Waals surface area contributed by atoms with E-state index in [2.05, 4.69) is 22.6 Å². The third-order valence-electron chi connectivity index (χ3n) is 3.73. The molecule has 1 aromatic carbocycles. The molecule has 2 rings (SSSR count). The number of rotatable bonds is 2. The Hall–Kier alpha value is -0.240. The van der Waals surface area contributed by atoms with E-state index >= 15 is 0 Å². The van der Waals surface area contributed by atoms with E-state index in [0.717, 1.165) is 9.99 Å². The molecular weight excluding hydrogens is 464 g/mol. The van der Waals surface area contributed by atoms with Crippen molar-refractivity contribution in [3.05, 3.63) is 33.8 Å². The van der Waals surface area contributed by atoms with Crippen LogP contribution in [0.4, 0.5) is 4.79 Å². The summed E-state index contributed by atoms with van der Waals surface area (Å²) in [6.07, 6.45) is -0.305. The first-order valence-corrected chi connectivity index (χ1v) is 10.1. The molecule has 1 saturated heterocycles. The molecule has 2 unspecified atom stereocenters. The zero-order valence-electron chi connectivity index (χ0n) is 14.0. The van der Waals surface area contributed by atoms with Crippen molar-refractivity contribution >= 4 is 51.9 Å². The van der Waals surface area contributed by atoms with Gasteiger partial charge in [-0.1, -0.05) is 51.9 Å². The molecular formula is C17H22Cl2INO3. The summed E-state index contributed by atoms with van der Waals surface area (Å²) in [4.78, 5) is 14.2. The summed E-state index contributed by atoms with van der Waals surface area (Å²) in [6, 6.07) is 5.59. The molecule has 0 bridgehead atoms. The summed E-state index contributed by atoms with van der Waals surface area (Å²) in [7, 11) is 0. The van der Waals surface area contributed by atoms with Crippen LogP contribution in [0.25, 0.3) is 0 Å². The number of amides is 1. The van der Waals surface area contributed by atoms with Gasteiger partial charge in [0.2, 0.25) is 0 Å². The minimum absolute atomic E-state index is 0.00952. The fourth-order valence-electron chi connectivity index (χ4n) is 2.58. The van der Waals surface area contributed by atoms with E-state index in [-0.39, 0.29) is 18.1 Å². The second kappa shape index (κ2) is 8.43. The minimum Gasteiger partial charge on any atom is -0.444 e. The second-order valence-electron chi connectivity index (χ2n) is 6.77. The Kier molecular flexibility index (Phi) is 7.05. The topological polar surface area (TPSA) is 38.8 Å². The van der Waals surface area contributed by atoms with Crippen LogP contribution in [0.5, 0.6) is 0 Å². The van der Waals surface area contributed by atoms with Gasteiger partial charge in [-0.15, -0.1) is 0 Å². The molecule has 1 aliphatic heterocycles. The third-order valence-corrected chi connectivity index (χ3v) is 5.34. The molecule has 7 heteroatoms. The number of ether oxygens (including phenoxy) is 2. The average Bonchev–Trinajstić information content (AvgIpc) is 2.70. The van der Waals surface area contributed by atoms with E-state index in [1.165, 1.54) is 0 Å². The molecule has 1 amide bonds. The normalized spacial score (nSPS) is 22.2. The summed E-state index contributed by atoms with van der Waals surface area (Å²) < 4.78 is 12.3. The molecule has 4 nitrogen and oxygen atoms in total. The van der Waals surface area contributed by atoms with E-state index in [0.29, 0.717) is 29.7 Å². The molecule has 1 aliphatic rings. The van der Waals surface area contributed by atoms with Crippen LogP contribution in [0.15, 0.2) is 18.2 Å². The molecule has 0 aliphatic carbocycles. The van der Waals surface area contributed by atoms with Gasteiger partial charge < -0.3 is 14.4 Å². The van der Waals surface area contributed by atoms with Gasteiger partial charge in [0.1, 0.15) is 5.60 Å². The van der Waals surface area contributed by atoms with E-state index in [4.69, 9.17) is 32.7 Å². The number of carbonyl (C=O) groups excluding carboxylic acids is 1. The number of alkyl halides is 1. The highest BCUT2D eigenvalue weighted by Gasteiger charge is 2.32. The molecule has 0 aromatic heterocycles. The lowest BCUT2D eigenvalue weighted by Gasteiger charge is -2.29. The van der Waals surface area contributed by atoms with Gasteiger partial charge in [0.25, 0.3) is 0 Å². The van der Waals surface area contributed by atoms with Crippen LogP contribution in [-0.4, -0.2) is 46.8 Å². The zero-order chi connectivity index (χ0) is 17.9. The van der Waals surface area contributed by atoms with Crippen LogP contribution in [0.2, 0.25) is 10.0 Å². The number of hydrogen-bond donors (Lipinski definition) is 0. The number of benzene rings is 1. The Morgan fingerprint density at radius 1 is 1.38 bits per heavy atom. The molecule has 1 heterocycles. The van der Waals surface area contributed by atoms with Crippen molar-refractivity contribution in [2.24, 2.45) is 0 Å². The molecule has 0 N–H and O–H groups in total. The quantitative estimate of drug-likeness (QED) is 0.429. The van der Waals surface area contributed by atoms with Gasteiger partial charge in [-0.25, -0.2) is 4.79 Å². The van der Waals surface area contributed by atoms with Crippen molar-refractivity contribution in [2.75, 3.05) is 24.1 Å². The highest BCUT2D eigenvalue weighted by Crippen LogP contribution is 2.32. The molecule has 0 radical (unpaired) electrons. The molecule has 24 heavy (non-hydrogen) atoms. The third kappa shape index (κ3) is 5.38. The van der Waals surface area contributed by atoms with Gasteiger partial charge in [0, 0.05) is 23.4 Å². The number of hydrogen-bond acceptors (Lipinski definition) is 3. The summed E-state index contributed by atoms with van der Waals surface area (Å²) in [5, 5.41) is 1.03. The summed E-state index contributed by atoms with van der Waals surface area (Å²) in [6.45, 7) is 7.13. The van der Waals surface area contributed by atoms with Gasteiger partial charge in [-0.2, -0.15) is 0 Å². The summed E-state index contributed by atoms with van der Waals surface area (Å²) in [5.74, 6) is 0.0201. The van der Waals surface area contributed by atoms with E-state index < -0.39 is 5.60 Å². The van der Waals surface area contributed by atoms with Gasteiger partial charge >= 0.3 is 6.09 Å². The van der Waals surface area contributed by atoms with Crippen LogP contribution in [0, 0.1) is 0 Å². The maximum absolute atomic E-state index is 12.5. The SMILES string of the molecule is CC(C)(C)OC(=O)N1CCOC(CI)C(c2ccc(Cl)c(Cl)c2)C1. The highest BCUT2D eigenvalue weighted by atomic mass is 127. The number of carbonyl (C=O) groups is 1. The van der Waals surface area contributed by atoms with Crippen LogP contribution in [-0.2, 0) is 9.47 Å². The first-order chi connectivity index (χ1) is 11.2. The van der Waals surface area contributed by atoms with Gasteiger partial charge in [0.15, 0.2) is 0 Å². The standard InChI is InChI=1S/C17H22Cl2INO3/c1-17(2,3)24-16(22)21-6-7-23-15(9-20)12(10-21)11-4-5-13(18)14(19)8-11/h4-5,8,12,15H,6-7,9-10H2,1-3H3. The van der Waals surface area contributed by atoms with Crippen molar-refractivity contribution in [3.8, 4) is 0 Å². The van der Waals surface area contributed by atoms with E-state index in [9.17, 15) is 4.79 Å².